The number of carbonyl (C=O) groups is 1. The van der Waals surface area contributed by atoms with Crippen LogP contribution >= 0.6 is 0 Å². The minimum atomic E-state index is -1.06. The average molecular weight is 284 g/mol. The second-order valence-corrected chi connectivity index (χ2v) is 5.81. The van der Waals surface area contributed by atoms with E-state index in [2.05, 4.69) is 10.8 Å². The van der Waals surface area contributed by atoms with Crippen molar-refractivity contribution in [1.29, 1.82) is 0 Å². The number of esters is 1. The first-order valence-corrected chi connectivity index (χ1v) is 6.98. The Morgan fingerprint density at radius 2 is 1.85 bits per heavy atom. The molecule has 116 valence electrons. The van der Waals surface area contributed by atoms with E-state index in [1.807, 2.05) is 13.8 Å². The number of aliphatic hydroxyl groups is 2. The maximum absolute atomic E-state index is 11.0. The number of allylic oxidation sites excluding steroid dienone is 3. The largest absolute Gasteiger partial charge is 0.466 e. The van der Waals surface area contributed by atoms with Crippen LogP contribution in [0.5, 0.6) is 0 Å². The molecule has 2 N–H and O–H groups in total. The van der Waals surface area contributed by atoms with Crippen molar-refractivity contribution in [3.8, 4) is 0 Å². The van der Waals surface area contributed by atoms with Gasteiger partial charge in [-0.15, -0.1) is 0 Å². The van der Waals surface area contributed by atoms with Gasteiger partial charge < -0.3 is 14.9 Å². The summed E-state index contributed by atoms with van der Waals surface area (Å²) >= 11 is 0. The number of carbonyl (C=O) groups excluding carboxylic acids is 1. The van der Waals surface area contributed by atoms with Gasteiger partial charge in [-0.2, -0.15) is 0 Å². The first kappa shape index (κ1) is 18.9. The number of rotatable bonds is 8. The van der Waals surface area contributed by atoms with Crippen molar-refractivity contribution in [1.82, 2.24) is 0 Å². The van der Waals surface area contributed by atoms with Gasteiger partial charge in [-0.3, -0.25) is 0 Å². The lowest BCUT2D eigenvalue weighted by atomic mass is 9.95. The van der Waals surface area contributed by atoms with Crippen molar-refractivity contribution in [2.75, 3.05) is 7.11 Å². The SMILES string of the molecule is COC(=O)/C=C(\C)CC/C=C(\C)CC[C@@H](O)C(C)(C)O. The summed E-state index contributed by atoms with van der Waals surface area (Å²) in [6, 6.07) is 0. The third-order valence-electron chi connectivity index (χ3n) is 3.22. The van der Waals surface area contributed by atoms with E-state index in [4.69, 9.17) is 0 Å². The second-order valence-electron chi connectivity index (χ2n) is 5.81. The second kappa shape index (κ2) is 8.93. The van der Waals surface area contributed by atoms with Crippen LogP contribution in [0.3, 0.4) is 0 Å². The molecule has 4 nitrogen and oxygen atoms in total. The van der Waals surface area contributed by atoms with E-state index in [-0.39, 0.29) is 5.97 Å². The number of methoxy groups -OCH3 is 1. The van der Waals surface area contributed by atoms with Crippen LogP contribution in [-0.2, 0) is 9.53 Å². The minimum Gasteiger partial charge on any atom is -0.466 e. The Bertz CT molecular complexity index is 361. The van der Waals surface area contributed by atoms with Crippen molar-refractivity contribution in [2.45, 2.75) is 65.1 Å². The van der Waals surface area contributed by atoms with Crippen molar-refractivity contribution >= 4 is 5.97 Å². The molecule has 0 aromatic heterocycles. The molecule has 4 heteroatoms. The lowest BCUT2D eigenvalue weighted by molar-refractivity contribution is -0.134. The maximum Gasteiger partial charge on any atom is 0.330 e. The van der Waals surface area contributed by atoms with Gasteiger partial charge in [0.1, 0.15) is 0 Å². The Morgan fingerprint density at radius 3 is 2.35 bits per heavy atom. The highest BCUT2D eigenvalue weighted by molar-refractivity contribution is 5.82. The minimum absolute atomic E-state index is 0.323. The molecule has 0 fully saturated rings. The van der Waals surface area contributed by atoms with Gasteiger partial charge in [0.15, 0.2) is 0 Å². The fraction of sp³-hybridized carbons (Fsp3) is 0.688. The topological polar surface area (TPSA) is 66.8 Å². The van der Waals surface area contributed by atoms with Crippen LogP contribution in [-0.4, -0.2) is 35.0 Å². The molecular formula is C16H28O4. The number of hydrogen-bond donors (Lipinski definition) is 2. The molecule has 0 aromatic carbocycles. The summed E-state index contributed by atoms with van der Waals surface area (Å²) in [6.07, 6.45) is 5.84. The van der Waals surface area contributed by atoms with E-state index in [1.165, 1.54) is 18.8 Å². The maximum atomic E-state index is 11.0. The highest BCUT2D eigenvalue weighted by atomic mass is 16.5. The Morgan fingerprint density at radius 1 is 1.25 bits per heavy atom. The molecule has 1 atom stereocenters. The fourth-order valence-electron chi connectivity index (χ4n) is 1.70. The lowest BCUT2D eigenvalue weighted by Crippen LogP contribution is -2.35. The standard InChI is InChI=1S/C16H28O4/c1-12(9-10-14(17)16(3,4)19)7-6-8-13(2)11-15(18)20-5/h7,11,14,17,19H,6,8-10H2,1-5H3/b12-7+,13-11+/t14-/m1/s1. The van der Waals surface area contributed by atoms with E-state index in [9.17, 15) is 15.0 Å². The molecule has 0 aromatic rings. The van der Waals surface area contributed by atoms with Crippen LogP contribution in [0.2, 0.25) is 0 Å². The molecule has 0 aliphatic heterocycles. The smallest absolute Gasteiger partial charge is 0.330 e. The third kappa shape index (κ3) is 8.88. The van der Waals surface area contributed by atoms with Crippen molar-refractivity contribution in [3.05, 3.63) is 23.3 Å². The number of ether oxygens (including phenoxy) is 1. The molecular weight excluding hydrogens is 256 g/mol. The van der Waals surface area contributed by atoms with Gasteiger partial charge in [0, 0.05) is 6.08 Å². The molecule has 0 saturated carbocycles. The average Bonchev–Trinajstić information content (AvgIpc) is 2.34. The van der Waals surface area contributed by atoms with Gasteiger partial charge in [-0.1, -0.05) is 17.2 Å². The molecule has 20 heavy (non-hydrogen) atoms. The normalized spacial score (nSPS) is 15.2. The van der Waals surface area contributed by atoms with Crippen LogP contribution in [0.15, 0.2) is 23.3 Å². The van der Waals surface area contributed by atoms with Gasteiger partial charge >= 0.3 is 5.97 Å². The molecule has 0 aliphatic rings. The summed E-state index contributed by atoms with van der Waals surface area (Å²) in [7, 11) is 1.37. The van der Waals surface area contributed by atoms with E-state index < -0.39 is 11.7 Å². The number of aliphatic hydroxyl groups excluding tert-OH is 1. The first-order chi connectivity index (χ1) is 9.16. The monoisotopic (exact) mass is 284 g/mol. The predicted molar refractivity (Wildman–Crippen MR) is 80.3 cm³/mol. The zero-order valence-electron chi connectivity index (χ0n) is 13.3. The summed E-state index contributed by atoms with van der Waals surface area (Å²) in [5.74, 6) is -0.323. The molecule has 0 aliphatic carbocycles. The molecule has 0 radical (unpaired) electrons. The van der Waals surface area contributed by atoms with E-state index in [1.54, 1.807) is 13.8 Å². The Labute approximate surface area is 122 Å². The van der Waals surface area contributed by atoms with Crippen LogP contribution < -0.4 is 0 Å². The molecule has 0 saturated heterocycles. The third-order valence-corrected chi connectivity index (χ3v) is 3.22. The Hall–Kier alpha value is -1.13. The van der Waals surface area contributed by atoms with Crippen LogP contribution in [0.4, 0.5) is 0 Å². The van der Waals surface area contributed by atoms with E-state index in [0.29, 0.717) is 6.42 Å². The molecule has 0 spiro atoms. The summed E-state index contributed by atoms with van der Waals surface area (Å²) < 4.78 is 4.56. The highest BCUT2D eigenvalue weighted by Gasteiger charge is 2.23. The first-order valence-electron chi connectivity index (χ1n) is 6.98. The van der Waals surface area contributed by atoms with Crippen LogP contribution in [0.25, 0.3) is 0 Å². The molecule has 0 unspecified atom stereocenters. The van der Waals surface area contributed by atoms with Crippen LogP contribution in [0.1, 0.15) is 53.4 Å². The van der Waals surface area contributed by atoms with Gasteiger partial charge in [-0.05, 0) is 53.4 Å². The summed E-state index contributed by atoms with van der Waals surface area (Å²) in [6.45, 7) is 7.13. The van der Waals surface area contributed by atoms with E-state index in [0.717, 1.165) is 24.8 Å². The highest BCUT2D eigenvalue weighted by Crippen LogP contribution is 2.17. The van der Waals surface area contributed by atoms with Crippen LogP contribution in [0, 0.1) is 0 Å². The predicted octanol–water partition coefficient (Wildman–Crippen LogP) is 2.74. The van der Waals surface area contributed by atoms with Gasteiger partial charge in [0.2, 0.25) is 0 Å². The summed E-state index contributed by atoms with van der Waals surface area (Å²) in [4.78, 5) is 11.0. The Kier molecular flexibility index (Phi) is 8.42. The molecule has 0 bridgehead atoms. The summed E-state index contributed by atoms with van der Waals surface area (Å²) in [5, 5.41) is 19.4. The fourth-order valence-corrected chi connectivity index (χ4v) is 1.70. The van der Waals surface area contributed by atoms with Gasteiger partial charge in [-0.25, -0.2) is 4.79 Å². The van der Waals surface area contributed by atoms with Crippen molar-refractivity contribution in [2.24, 2.45) is 0 Å². The summed E-state index contributed by atoms with van der Waals surface area (Å²) in [5.41, 5.74) is 1.11. The van der Waals surface area contributed by atoms with Gasteiger partial charge in [0.05, 0.1) is 18.8 Å². The Balaban J connectivity index is 4.09. The zero-order valence-corrected chi connectivity index (χ0v) is 13.3. The lowest BCUT2D eigenvalue weighted by Gasteiger charge is -2.24. The van der Waals surface area contributed by atoms with Gasteiger partial charge in [0.25, 0.3) is 0 Å². The molecule has 0 heterocycles. The molecule has 0 rings (SSSR count). The quantitative estimate of drug-likeness (QED) is 0.408. The number of hydrogen-bond acceptors (Lipinski definition) is 4. The molecule has 0 amide bonds. The van der Waals surface area contributed by atoms with E-state index >= 15 is 0 Å². The zero-order chi connectivity index (χ0) is 15.8. The van der Waals surface area contributed by atoms with Crippen molar-refractivity contribution < 1.29 is 19.7 Å². The van der Waals surface area contributed by atoms with Crippen molar-refractivity contribution in [3.63, 3.8) is 0 Å².